The number of hydrogen-bond donors (Lipinski definition) is 2. The molecule has 156 valence electrons. The topological polar surface area (TPSA) is 57.3 Å². The number of nitrogens with zero attached hydrogens (tertiary/aromatic N) is 2. The highest BCUT2D eigenvalue weighted by molar-refractivity contribution is 6.01. The molecule has 0 saturated heterocycles. The number of rotatable bonds is 3. The zero-order valence-electron chi connectivity index (χ0n) is 17.8. The predicted molar refractivity (Wildman–Crippen MR) is 125 cm³/mol. The molecule has 0 saturated carbocycles. The zero-order chi connectivity index (χ0) is 21.4. The first kappa shape index (κ1) is 19.4. The fourth-order valence-corrected chi connectivity index (χ4v) is 4.58. The second-order valence-electron chi connectivity index (χ2n) is 8.44. The number of para-hydroxylation sites is 2. The summed E-state index contributed by atoms with van der Waals surface area (Å²) in [5.41, 5.74) is 7.26. The van der Waals surface area contributed by atoms with Crippen molar-refractivity contribution in [3.8, 4) is 0 Å². The number of hydrogen-bond acceptors (Lipinski definition) is 5. The van der Waals surface area contributed by atoms with Crippen LogP contribution in [0.25, 0.3) is 0 Å². The molecule has 2 heterocycles. The van der Waals surface area contributed by atoms with Gasteiger partial charge in [0.05, 0.1) is 17.4 Å². The summed E-state index contributed by atoms with van der Waals surface area (Å²) in [6, 6.07) is 20.5. The fourth-order valence-electron chi connectivity index (χ4n) is 4.58. The van der Waals surface area contributed by atoms with Gasteiger partial charge >= 0.3 is 0 Å². The second kappa shape index (κ2) is 7.91. The van der Waals surface area contributed by atoms with Gasteiger partial charge in [0.2, 0.25) is 0 Å². The fraction of sp³-hybridized carbons (Fsp3) is 0.231. The van der Waals surface area contributed by atoms with Gasteiger partial charge in [0.1, 0.15) is 0 Å². The lowest BCUT2D eigenvalue weighted by Gasteiger charge is -2.30. The van der Waals surface area contributed by atoms with Crippen molar-refractivity contribution < 1.29 is 4.79 Å². The third-order valence-corrected chi connectivity index (χ3v) is 6.23. The molecule has 1 aromatic heterocycles. The Morgan fingerprint density at radius 3 is 2.29 bits per heavy atom. The molecular weight excluding hydrogens is 384 g/mol. The highest BCUT2D eigenvalue weighted by Crippen LogP contribution is 2.44. The van der Waals surface area contributed by atoms with E-state index in [-0.39, 0.29) is 17.7 Å². The molecule has 2 atom stereocenters. The number of anilines is 3. The van der Waals surface area contributed by atoms with Crippen LogP contribution in [0.2, 0.25) is 0 Å². The number of pyridine rings is 1. The third-order valence-electron chi connectivity index (χ3n) is 6.23. The minimum atomic E-state index is -0.196. The molecule has 0 radical (unpaired) electrons. The highest BCUT2D eigenvalue weighted by Gasteiger charge is 2.36. The van der Waals surface area contributed by atoms with Crippen LogP contribution in [0.1, 0.15) is 35.9 Å². The summed E-state index contributed by atoms with van der Waals surface area (Å²) in [4.78, 5) is 19.8. The number of benzene rings is 2. The van der Waals surface area contributed by atoms with Crippen molar-refractivity contribution in [3.05, 3.63) is 95.5 Å². The summed E-state index contributed by atoms with van der Waals surface area (Å²) in [6.45, 7) is 0. The predicted octanol–water partition coefficient (Wildman–Crippen LogP) is 5.13. The molecule has 2 aromatic carbocycles. The maximum absolute atomic E-state index is 13.5. The Morgan fingerprint density at radius 1 is 0.871 bits per heavy atom. The summed E-state index contributed by atoms with van der Waals surface area (Å²) in [6.07, 6.45) is 4.88. The maximum atomic E-state index is 13.5. The van der Waals surface area contributed by atoms with Crippen molar-refractivity contribution in [2.75, 3.05) is 29.6 Å². The van der Waals surface area contributed by atoms with Gasteiger partial charge in [0, 0.05) is 49.9 Å². The van der Waals surface area contributed by atoms with E-state index in [9.17, 15) is 4.79 Å². The van der Waals surface area contributed by atoms with Crippen LogP contribution in [0.5, 0.6) is 0 Å². The van der Waals surface area contributed by atoms with Gasteiger partial charge in [-0.25, -0.2) is 0 Å². The number of ketones is 1. The van der Waals surface area contributed by atoms with Crippen LogP contribution < -0.4 is 15.5 Å². The van der Waals surface area contributed by atoms with E-state index in [4.69, 9.17) is 0 Å². The smallest absolute Gasteiger partial charge is 0.163 e. The lowest BCUT2D eigenvalue weighted by Crippen LogP contribution is -2.26. The normalized spacial score (nSPS) is 20.1. The Bertz CT molecular complexity index is 1140. The van der Waals surface area contributed by atoms with Gasteiger partial charge in [-0.3, -0.25) is 9.78 Å². The molecule has 2 aliphatic rings. The molecule has 5 heteroatoms. The van der Waals surface area contributed by atoms with Crippen molar-refractivity contribution in [2.24, 2.45) is 0 Å². The standard InChI is InChI=1S/C26H26N4O/c1-30(2)20-9-7-17(8-10-20)19-15-23-25(24(31)16-19)26(18-11-13-27-14-12-18)29-22-6-4-3-5-21(22)28-23/h3-14,19,26,28-29H,15-16H2,1-2H3/t19-,26-/m0/s1. The van der Waals surface area contributed by atoms with Crippen LogP contribution >= 0.6 is 0 Å². The summed E-state index contributed by atoms with van der Waals surface area (Å²) >= 11 is 0. The number of carbonyl (C=O) groups is 1. The quantitative estimate of drug-likeness (QED) is 0.627. The van der Waals surface area contributed by atoms with E-state index >= 15 is 0 Å². The van der Waals surface area contributed by atoms with E-state index in [0.29, 0.717) is 6.42 Å². The summed E-state index contributed by atoms with van der Waals surface area (Å²) in [5.74, 6) is 0.357. The van der Waals surface area contributed by atoms with Gasteiger partial charge in [0.15, 0.2) is 5.78 Å². The lowest BCUT2D eigenvalue weighted by molar-refractivity contribution is -0.116. The number of aromatic nitrogens is 1. The van der Waals surface area contributed by atoms with Crippen LogP contribution in [0.3, 0.4) is 0 Å². The highest BCUT2D eigenvalue weighted by atomic mass is 16.1. The van der Waals surface area contributed by atoms with Crippen molar-refractivity contribution in [2.45, 2.75) is 24.8 Å². The van der Waals surface area contributed by atoms with Gasteiger partial charge in [-0.1, -0.05) is 24.3 Å². The van der Waals surface area contributed by atoms with Crippen molar-refractivity contribution in [1.29, 1.82) is 0 Å². The molecule has 2 N–H and O–H groups in total. The van der Waals surface area contributed by atoms with E-state index in [2.05, 4.69) is 56.9 Å². The number of carbonyl (C=O) groups excluding carboxylic acids is 1. The van der Waals surface area contributed by atoms with E-state index in [1.807, 2.05) is 38.4 Å². The molecule has 1 aliphatic heterocycles. The molecule has 0 bridgehead atoms. The van der Waals surface area contributed by atoms with Gasteiger partial charge < -0.3 is 15.5 Å². The second-order valence-corrected chi connectivity index (χ2v) is 8.44. The van der Waals surface area contributed by atoms with Crippen molar-refractivity contribution in [3.63, 3.8) is 0 Å². The number of Topliss-reactive ketones (excluding diaryl/α,β-unsaturated/α-hetero) is 1. The minimum absolute atomic E-state index is 0.165. The number of allylic oxidation sites excluding steroid dienone is 1. The van der Waals surface area contributed by atoms with Crippen LogP contribution in [0.4, 0.5) is 17.1 Å². The average molecular weight is 411 g/mol. The molecule has 5 rings (SSSR count). The summed E-state index contributed by atoms with van der Waals surface area (Å²) in [5, 5.41) is 7.20. The largest absolute Gasteiger partial charge is 0.378 e. The van der Waals surface area contributed by atoms with E-state index in [1.54, 1.807) is 12.4 Å². The molecule has 31 heavy (non-hydrogen) atoms. The molecular formula is C26H26N4O. The Morgan fingerprint density at radius 2 is 1.58 bits per heavy atom. The van der Waals surface area contributed by atoms with E-state index in [1.165, 1.54) is 5.56 Å². The minimum Gasteiger partial charge on any atom is -0.378 e. The molecule has 3 aromatic rings. The first-order valence-electron chi connectivity index (χ1n) is 10.7. The van der Waals surface area contributed by atoms with Crippen molar-refractivity contribution in [1.82, 2.24) is 4.98 Å². The van der Waals surface area contributed by atoms with E-state index < -0.39 is 0 Å². The van der Waals surface area contributed by atoms with Crippen LogP contribution in [-0.2, 0) is 4.79 Å². The monoisotopic (exact) mass is 410 g/mol. The lowest BCUT2D eigenvalue weighted by atomic mass is 9.78. The van der Waals surface area contributed by atoms with Crippen LogP contribution in [-0.4, -0.2) is 24.9 Å². The molecule has 5 nitrogen and oxygen atoms in total. The number of nitrogens with one attached hydrogen (secondary N) is 2. The van der Waals surface area contributed by atoms with Gasteiger partial charge in [-0.05, 0) is 59.9 Å². The van der Waals surface area contributed by atoms with E-state index in [0.717, 1.165) is 40.3 Å². The Balaban J connectivity index is 1.55. The SMILES string of the molecule is CN(C)c1ccc([C@@H]2CC(=O)C3=C(C2)Nc2ccccc2N[C@H]3c2ccncc2)cc1. The Kier molecular flexibility index (Phi) is 4.94. The first-order chi connectivity index (χ1) is 15.1. The molecule has 0 fully saturated rings. The zero-order valence-corrected chi connectivity index (χ0v) is 17.8. The third kappa shape index (κ3) is 3.67. The van der Waals surface area contributed by atoms with Gasteiger partial charge in [-0.2, -0.15) is 0 Å². The summed E-state index contributed by atoms with van der Waals surface area (Å²) in [7, 11) is 4.07. The molecule has 0 spiro atoms. The average Bonchev–Trinajstić information content (AvgIpc) is 2.96. The first-order valence-corrected chi connectivity index (χ1v) is 10.7. The molecule has 0 amide bonds. The van der Waals surface area contributed by atoms with Crippen LogP contribution in [0.15, 0.2) is 84.3 Å². The van der Waals surface area contributed by atoms with Gasteiger partial charge in [-0.15, -0.1) is 0 Å². The number of fused-ring (bicyclic) bond motifs is 1. The Hall–Kier alpha value is -3.60. The summed E-state index contributed by atoms with van der Waals surface area (Å²) < 4.78 is 0. The molecule has 1 aliphatic carbocycles. The van der Waals surface area contributed by atoms with Gasteiger partial charge in [0.25, 0.3) is 0 Å². The Labute approximate surface area is 182 Å². The molecule has 0 unspecified atom stereocenters. The maximum Gasteiger partial charge on any atom is 0.163 e. The van der Waals surface area contributed by atoms with Crippen LogP contribution in [0, 0.1) is 0 Å². The van der Waals surface area contributed by atoms with Crippen molar-refractivity contribution >= 4 is 22.8 Å².